The third-order valence-electron chi connectivity index (χ3n) is 2.85. The first-order chi connectivity index (χ1) is 6.45. The summed E-state index contributed by atoms with van der Waals surface area (Å²) in [5.41, 5.74) is 2.24. The number of hydrogen-bond donors (Lipinski definition) is 0. The van der Waals surface area contributed by atoms with Crippen LogP contribution in [0.25, 0.3) is 0 Å². The van der Waals surface area contributed by atoms with Crippen LogP contribution in [-0.2, 0) is 0 Å². The van der Waals surface area contributed by atoms with Gasteiger partial charge in [0.15, 0.2) is 0 Å². The molecule has 1 atom stereocenters. The van der Waals surface area contributed by atoms with E-state index in [1.54, 1.807) is 0 Å². The summed E-state index contributed by atoms with van der Waals surface area (Å²) in [5, 5.41) is 0. The fourth-order valence-electron chi connectivity index (χ4n) is 1.40. The summed E-state index contributed by atoms with van der Waals surface area (Å²) >= 11 is 0. The van der Waals surface area contributed by atoms with Gasteiger partial charge in [-0.3, -0.25) is 4.79 Å². The van der Waals surface area contributed by atoms with Crippen LogP contribution in [0.3, 0.4) is 0 Å². The Labute approximate surface area is 86.1 Å². The van der Waals surface area contributed by atoms with Crippen molar-refractivity contribution >= 4 is 6.29 Å². The molecule has 1 unspecified atom stereocenters. The van der Waals surface area contributed by atoms with Crippen molar-refractivity contribution in [2.45, 2.75) is 33.6 Å². The minimum atomic E-state index is 0.238. The van der Waals surface area contributed by atoms with Gasteiger partial charge in [-0.25, -0.2) is 0 Å². The Bertz CT molecular complexity index is 320. The van der Waals surface area contributed by atoms with E-state index in [1.165, 1.54) is 5.56 Å². The number of carbonyl (C=O) groups is 1. The van der Waals surface area contributed by atoms with E-state index in [-0.39, 0.29) is 5.41 Å². The van der Waals surface area contributed by atoms with Crippen molar-refractivity contribution < 1.29 is 4.79 Å². The molecular weight excluding hydrogens is 172 g/mol. The van der Waals surface area contributed by atoms with Gasteiger partial charge in [0.25, 0.3) is 0 Å². The van der Waals surface area contributed by atoms with Crippen LogP contribution in [0.2, 0.25) is 0 Å². The van der Waals surface area contributed by atoms with Crippen molar-refractivity contribution in [2.75, 3.05) is 0 Å². The maximum absolute atomic E-state index is 10.6. The van der Waals surface area contributed by atoms with Crippen molar-refractivity contribution in [1.29, 1.82) is 0 Å². The molecule has 0 aromatic heterocycles. The number of aldehydes is 1. The quantitative estimate of drug-likeness (QED) is 0.650. The smallest absolute Gasteiger partial charge is 0.150 e. The van der Waals surface area contributed by atoms with Gasteiger partial charge in [-0.05, 0) is 23.0 Å². The lowest BCUT2D eigenvalue weighted by atomic mass is 9.77. The van der Waals surface area contributed by atoms with E-state index in [9.17, 15) is 4.79 Å². The number of hydrogen-bond acceptors (Lipinski definition) is 1. The second kappa shape index (κ2) is 3.95. The fourth-order valence-corrected chi connectivity index (χ4v) is 1.40. The van der Waals surface area contributed by atoms with Gasteiger partial charge in [0.2, 0.25) is 0 Å². The Morgan fingerprint density at radius 3 is 2.43 bits per heavy atom. The van der Waals surface area contributed by atoms with Crippen LogP contribution < -0.4 is 0 Å². The summed E-state index contributed by atoms with van der Waals surface area (Å²) in [6.07, 6.45) is 0.902. The first-order valence-corrected chi connectivity index (χ1v) is 5.00. The second-order valence-corrected chi connectivity index (χ2v) is 4.88. The average molecular weight is 190 g/mol. The van der Waals surface area contributed by atoms with Crippen LogP contribution in [0.4, 0.5) is 0 Å². The summed E-state index contributed by atoms with van der Waals surface area (Å²) in [7, 11) is 0. The van der Waals surface area contributed by atoms with Gasteiger partial charge in [-0.2, -0.15) is 0 Å². The molecule has 0 saturated heterocycles. The molecule has 0 bridgehead atoms. The predicted molar refractivity (Wildman–Crippen MR) is 59.7 cm³/mol. The molecule has 1 heteroatoms. The minimum absolute atomic E-state index is 0.238. The van der Waals surface area contributed by atoms with E-state index in [4.69, 9.17) is 0 Å². The predicted octanol–water partition coefficient (Wildman–Crippen LogP) is 3.65. The van der Waals surface area contributed by atoms with E-state index in [2.05, 4.69) is 33.8 Å². The van der Waals surface area contributed by atoms with Crippen molar-refractivity contribution in [3.05, 3.63) is 35.4 Å². The van der Waals surface area contributed by atoms with Gasteiger partial charge in [0.1, 0.15) is 6.29 Å². The molecule has 1 aromatic carbocycles. The number of benzene rings is 1. The highest BCUT2D eigenvalue weighted by molar-refractivity contribution is 5.75. The molecule has 0 aliphatic rings. The van der Waals surface area contributed by atoms with Gasteiger partial charge < -0.3 is 0 Å². The summed E-state index contributed by atoms with van der Waals surface area (Å²) in [4.78, 5) is 10.6. The van der Waals surface area contributed by atoms with E-state index >= 15 is 0 Å². The maximum Gasteiger partial charge on any atom is 0.150 e. The topological polar surface area (TPSA) is 17.1 Å². The van der Waals surface area contributed by atoms with E-state index in [0.29, 0.717) is 5.92 Å². The highest BCUT2D eigenvalue weighted by atomic mass is 16.1. The number of carbonyl (C=O) groups excluding carboxylic acids is 1. The largest absolute Gasteiger partial charge is 0.298 e. The zero-order valence-corrected chi connectivity index (χ0v) is 9.37. The molecule has 0 aliphatic carbocycles. The average Bonchev–Trinajstić information content (AvgIpc) is 2.15. The van der Waals surface area contributed by atoms with Crippen molar-refractivity contribution in [3.8, 4) is 0 Å². The summed E-state index contributed by atoms with van der Waals surface area (Å²) < 4.78 is 0. The van der Waals surface area contributed by atoms with Gasteiger partial charge in [-0.1, -0.05) is 45.9 Å². The van der Waals surface area contributed by atoms with E-state index in [1.807, 2.05) is 18.2 Å². The van der Waals surface area contributed by atoms with Crippen molar-refractivity contribution in [3.63, 3.8) is 0 Å². The molecule has 1 aromatic rings. The Morgan fingerprint density at radius 2 is 1.93 bits per heavy atom. The van der Waals surface area contributed by atoms with Gasteiger partial charge >= 0.3 is 0 Å². The molecule has 0 aliphatic heterocycles. The molecule has 14 heavy (non-hydrogen) atoms. The summed E-state index contributed by atoms with van der Waals surface area (Å²) in [6, 6.07) is 7.85. The molecule has 0 amide bonds. The first-order valence-electron chi connectivity index (χ1n) is 5.00. The first kappa shape index (κ1) is 11.0. The lowest BCUT2D eigenvalue weighted by Gasteiger charge is -2.27. The van der Waals surface area contributed by atoms with E-state index in [0.717, 1.165) is 11.8 Å². The third kappa shape index (κ3) is 2.44. The Balaban J connectivity index is 3.01. The van der Waals surface area contributed by atoms with Gasteiger partial charge in [0, 0.05) is 5.56 Å². The molecule has 0 N–H and O–H groups in total. The fraction of sp³-hybridized carbons (Fsp3) is 0.462. The van der Waals surface area contributed by atoms with Crippen LogP contribution in [0.1, 0.15) is 49.5 Å². The second-order valence-electron chi connectivity index (χ2n) is 4.88. The standard InChI is InChI=1S/C13H18O/c1-10(13(2,3)4)12-7-5-6-11(8-12)9-14/h5-10H,1-4H3. The highest BCUT2D eigenvalue weighted by Crippen LogP contribution is 2.34. The molecule has 1 nitrogen and oxygen atoms in total. The zero-order valence-electron chi connectivity index (χ0n) is 9.37. The Morgan fingerprint density at radius 1 is 1.29 bits per heavy atom. The van der Waals surface area contributed by atoms with Crippen molar-refractivity contribution in [2.24, 2.45) is 5.41 Å². The molecule has 0 saturated carbocycles. The van der Waals surface area contributed by atoms with Crippen LogP contribution in [-0.4, -0.2) is 6.29 Å². The maximum atomic E-state index is 10.6. The van der Waals surface area contributed by atoms with Gasteiger partial charge in [-0.15, -0.1) is 0 Å². The molecule has 1 rings (SSSR count). The van der Waals surface area contributed by atoms with E-state index < -0.39 is 0 Å². The van der Waals surface area contributed by atoms with Crippen molar-refractivity contribution in [1.82, 2.24) is 0 Å². The summed E-state index contributed by atoms with van der Waals surface area (Å²) in [6.45, 7) is 8.84. The molecule has 0 radical (unpaired) electrons. The Kier molecular flexibility index (Phi) is 3.10. The molecule has 0 heterocycles. The van der Waals surface area contributed by atoms with Crippen LogP contribution in [0.15, 0.2) is 24.3 Å². The monoisotopic (exact) mass is 190 g/mol. The molecule has 0 fully saturated rings. The minimum Gasteiger partial charge on any atom is -0.298 e. The van der Waals surface area contributed by atoms with Crippen LogP contribution in [0, 0.1) is 5.41 Å². The van der Waals surface area contributed by atoms with Gasteiger partial charge in [0.05, 0.1) is 0 Å². The lowest BCUT2D eigenvalue weighted by molar-refractivity contribution is 0.112. The lowest BCUT2D eigenvalue weighted by Crippen LogP contribution is -2.15. The molecular formula is C13H18O. The summed E-state index contributed by atoms with van der Waals surface area (Å²) in [5.74, 6) is 0.461. The van der Waals surface area contributed by atoms with Crippen LogP contribution in [0.5, 0.6) is 0 Å². The highest BCUT2D eigenvalue weighted by Gasteiger charge is 2.21. The molecule has 76 valence electrons. The third-order valence-corrected chi connectivity index (χ3v) is 2.85. The Hall–Kier alpha value is -1.11. The normalized spacial score (nSPS) is 13.7. The SMILES string of the molecule is CC(c1cccc(C=O)c1)C(C)(C)C. The molecule has 0 spiro atoms. The zero-order chi connectivity index (χ0) is 10.8. The number of rotatable bonds is 2. The van der Waals surface area contributed by atoms with Crippen LogP contribution >= 0.6 is 0 Å².